The van der Waals surface area contributed by atoms with Gasteiger partial charge >= 0.3 is 0 Å². The second kappa shape index (κ2) is 8.20. The molecule has 0 saturated heterocycles. The molecule has 4 rings (SSSR count). The number of aromatic amines is 1. The van der Waals surface area contributed by atoms with Crippen LogP contribution in [0.25, 0.3) is 10.9 Å². The molecule has 2 N–H and O–H groups in total. The van der Waals surface area contributed by atoms with E-state index in [1.807, 2.05) is 18.2 Å². The van der Waals surface area contributed by atoms with Gasteiger partial charge in [0, 0.05) is 23.3 Å². The summed E-state index contributed by atoms with van der Waals surface area (Å²) in [5, 5.41) is 11.1. The van der Waals surface area contributed by atoms with Crippen LogP contribution in [0.15, 0.2) is 71.8 Å². The van der Waals surface area contributed by atoms with E-state index < -0.39 is 0 Å². The van der Waals surface area contributed by atoms with Crippen LogP contribution in [0, 0.1) is 0 Å². The monoisotopic (exact) mass is 408 g/mol. The molecule has 0 spiro atoms. The van der Waals surface area contributed by atoms with E-state index >= 15 is 0 Å². The number of hydrogen-bond donors (Lipinski definition) is 2. The van der Waals surface area contributed by atoms with Crippen molar-refractivity contribution in [3.63, 3.8) is 0 Å². The predicted molar refractivity (Wildman–Crippen MR) is 112 cm³/mol. The molecule has 0 aliphatic rings. The molecule has 0 saturated carbocycles. The van der Waals surface area contributed by atoms with Gasteiger partial charge in [0.1, 0.15) is 12.4 Å². The number of pyridine rings is 1. The number of halogens is 1. The molecule has 0 radical (unpaired) electrons. The van der Waals surface area contributed by atoms with Crippen LogP contribution in [0.2, 0.25) is 5.02 Å². The van der Waals surface area contributed by atoms with Gasteiger partial charge in [-0.3, -0.25) is 14.7 Å². The lowest BCUT2D eigenvalue weighted by molar-refractivity contribution is 0.102. The average molecular weight is 409 g/mol. The lowest BCUT2D eigenvalue weighted by Gasteiger charge is -2.11. The molecule has 4 aromatic rings. The van der Waals surface area contributed by atoms with Gasteiger partial charge in [-0.2, -0.15) is 5.10 Å². The lowest BCUT2D eigenvalue weighted by Crippen LogP contribution is -2.24. The largest absolute Gasteiger partial charge is 0.490 e. The number of carbonyl (C=O) groups is 1. The van der Waals surface area contributed by atoms with Crippen molar-refractivity contribution in [1.29, 1.82) is 0 Å². The Hall–Kier alpha value is -3.58. The van der Waals surface area contributed by atoms with Gasteiger partial charge in [0.25, 0.3) is 11.5 Å². The molecule has 0 aliphatic carbocycles. The molecule has 2 heterocycles. The zero-order valence-electron chi connectivity index (χ0n) is 15.3. The minimum Gasteiger partial charge on any atom is -0.490 e. The number of benzene rings is 2. The Morgan fingerprint density at radius 3 is 2.90 bits per heavy atom. The molecule has 2 aromatic carbocycles. The van der Waals surface area contributed by atoms with E-state index in [1.165, 1.54) is 22.9 Å². The molecule has 146 valence electrons. The number of H-pyrrole nitrogens is 1. The van der Waals surface area contributed by atoms with E-state index in [2.05, 4.69) is 15.5 Å². The number of ether oxygens (including phenoxy) is 1. The molecule has 0 bridgehead atoms. The maximum atomic E-state index is 12.6. The Labute approximate surface area is 170 Å². The summed E-state index contributed by atoms with van der Waals surface area (Å²) in [6.07, 6.45) is 3.23. The minimum atomic E-state index is -0.315. The predicted octanol–water partition coefficient (Wildman–Crippen LogP) is 3.71. The summed E-state index contributed by atoms with van der Waals surface area (Å²) in [5.41, 5.74) is 1.60. The van der Waals surface area contributed by atoms with E-state index in [4.69, 9.17) is 16.3 Å². The van der Waals surface area contributed by atoms with Crippen molar-refractivity contribution >= 4 is 34.1 Å². The number of rotatable bonds is 6. The number of amides is 1. The van der Waals surface area contributed by atoms with Crippen LogP contribution in [0.3, 0.4) is 0 Å². The normalized spacial score (nSPS) is 10.8. The molecule has 2 aromatic heterocycles. The number of nitrogens with one attached hydrogen (secondary N) is 2. The molecule has 7 nitrogen and oxygen atoms in total. The van der Waals surface area contributed by atoms with Crippen molar-refractivity contribution in [3.8, 4) is 5.75 Å². The van der Waals surface area contributed by atoms with Gasteiger partial charge in [0.15, 0.2) is 0 Å². The molecule has 0 fully saturated rings. The van der Waals surface area contributed by atoms with Crippen molar-refractivity contribution in [3.05, 3.63) is 87.9 Å². The fourth-order valence-corrected chi connectivity index (χ4v) is 3.06. The van der Waals surface area contributed by atoms with Gasteiger partial charge in [-0.1, -0.05) is 23.7 Å². The summed E-state index contributed by atoms with van der Waals surface area (Å²) in [6.45, 7) is 0.524. The van der Waals surface area contributed by atoms with E-state index in [0.29, 0.717) is 22.0 Å². The van der Waals surface area contributed by atoms with Crippen LogP contribution >= 0.6 is 11.6 Å². The van der Waals surface area contributed by atoms with Crippen LogP contribution in [-0.2, 0) is 6.54 Å². The van der Waals surface area contributed by atoms with Crippen LogP contribution in [0.1, 0.15) is 10.4 Å². The van der Waals surface area contributed by atoms with Gasteiger partial charge in [-0.25, -0.2) is 0 Å². The summed E-state index contributed by atoms with van der Waals surface area (Å²) in [5.74, 6) is 0.231. The molecule has 29 heavy (non-hydrogen) atoms. The standard InChI is InChI=1S/C21H17ClN4O3/c22-17-3-1-2-4-19(17)29-10-9-26-13-15(6-8-20(26)27)21(28)24-16-7-5-14-12-23-25-18(14)11-16/h1-8,11-13H,9-10H2,(H,23,25)(H,24,28). The van der Waals surface area contributed by atoms with Crippen molar-refractivity contribution < 1.29 is 9.53 Å². The second-order valence-electron chi connectivity index (χ2n) is 6.35. The SMILES string of the molecule is O=C(Nc1ccc2cn[nH]c2c1)c1ccc(=O)n(CCOc2ccccc2Cl)c1. The first-order chi connectivity index (χ1) is 14.1. The van der Waals surface area contributed by atoms with Crippen LogP contribution in [0.4, 0.5) is 5.69 Å². The van der Waals surface area contributed by atoms with Crippen molar-refractivity contribution in [1.82, 2.24) is 14.8 Å². The number of fused-ring (bicyclic) bond motifs is 1. The Bertz CT molecular complexity index is 1230. The van der Waals surface area contributed by atoms with E-state index in [-0.39, 0.29) is 24.6 Å². The molecule has 8 heteroatoms. The highest BCUT2D eigenvalue weighted by atomic mass is 35.5. The topological polar surface area (TPSA) is 89.0 Å². The number of aromatic nitrogens is 3. The second-order valence-corrected chi connectivity index (χ2v) is 6.76. The van der Waals surface area contributed by atoms with Crippen molar-refractivity contribution in [2.45, 2.75) is 6.54 Å². The Morgan fingerprint density at radius 1 is 1.17 bits per heavy atom. The zero-order chi connectivity index (χ0) is 20.2. The number of anilines is 1. The molecule has 1 amide bonds. The third-order valence-electron chi connectivity index (χ3n) is 4.37. The molecular formula is C21H17ClN4O3. The smallest absolute Gasteiger partial charge is 0.257 e. The average Bonchev–Trinajstić information content (AvgIpc) is 3.18. The van der Waals surface area contributed by atoms with Crippen molar-refractivity contribution in [2.75, 3.05) is 11.9 Å². The maximum absolute atomic E-state index is 12.6. The summed E-state index contributed by atoms with van der Waals surface area (Å²) < 4.78 is 7.06. The Balaban J connectivity index is 1.44. The minimum absolute atomic E-state index is 0.219. The maximum Gasteiger partial charge on any atom is 0.257 e. The third-order valence-corrected chi connectivity index (χ3v) is 4.68. The quantitative estimate of drug-likeness (QED) is 0.509. The van der Waals surface area contributed by atoms with Crippen LogP contribution in [-0.4, -0.2) is 27.3 Å². The lowest BCUT2D eigenvalue weighted by atomic mass is 10.2. The zero-order valence-corrected chi connectivity index (χ0v) is 16.0. The summed E-state index contributed by atoms with van der Waals surface area (Å²) in [6, 6.07) is 15.4. The Kier molecular flexibility index (Phi) is 5.31. The number of carbonyl (C=O) groups excluding carboxylic acids is 1. The highest BCUT2D eigenvalue weighted by Crippen LogP contribution is 2.23. The summed E-state index contributed by atoms with van der Waals surface area (Å²) >= 11 is 6.06. The number of nitrogens with zero attached hydrogens (tertiary/aromatic N) is 2. The summed E-state index contributed by atoms with van der Waals surface area (Å²) in [4.78, 5) is 24.7. The van der Waals surface area contributed by atoms with E-state index in [0.717, 1.165) is 10.9 Å². The number of hydrogen-bond acceptors (Lipinski definition) is 4. The molecular weight excluding hydrogens is 392 g/mol. The highest BCUT2D eigenvalue weighted by Gasteiger charge is 2.09. The first kappa shape index (κ1) is 18.8. The van der Waals surface area contributed by atoms with Crippen molar-refractivity contribution in [2.24, 2.45) is 0 Å². The molecule has 0 unspecified atom stereocenters. The highest BCUT2D eigenvalue weighted by molar-refractivity contribution is 6.32. The molecule has 0 atom stereocenters. The molecule has 0 aliphatic heterocycles. The van der Waals surface area contributed by atoms with Gasteiger partial charge in [0.05, 0.1) is 28.8 Å². The van der Waals surface area contributed by atoms with Gasteiger partial charge < -0.3 is 14.6 Å². The fourth-order valence-electron chi connectivity index (χ4n) is 2.87. The van der Waals surface area contributed by atoms with Crippen LogP contribution in [0.5, 0.6) is 5.75 Å². The van der Waals surface area contributed by atoms with Gasteiger partial charge in [-0.05, 0) is 36.4 Å². The van der Waals surface area contributed by atoms with E-state index in [9.17, 15) is 9.59 Å². The first-order valence-corrected chi connectivity index (χ1v) is 9.30. The first-order valence-electron chi connectivity index (χ1n) is 8.92. The fraction of sp³-hybridized carbons (Fsp3) is 0.0952. The third kappa shape index (κ3) is 4.30. The van der Waals surface area contributed by atoms with Crippen LogP contribution < -0.4 is 15.6 Å². The number of para-hydroxylation sites is 1. The van der Waals surface area contributed by atoms with Gasteiger partial charge in [0.2, 0.25) is 0 Å². The summed E-state index contributed by atoms with van der Waals surface area (Å²) in [7, 11) is 0. The Morgan fingerprint density at radius 2 is 2.03 bits per heavy atom. The van der Waals surface area contributed by atoms with E-state index in [1.54, 1.807) is 30.5 Å². The van der Waals surface area contributed by atoms with Gasteiger partial charge in [-0.15, -0.1) is 0 Å².